The van der Waals surface area contributed by atoms with Gasteiger partial charge in [0.15, 0.2) is 5.76 Å². The average molecular weight is 231 g/mol. The quantitative estimate of drug-likeness (QED) is 0.841. The standard InChI is InChI=1S/C13H13NO3/c15-9-11-4-1-3-10(7-11)8-14-13(16)12-5-2-6-17-12/h1-7,15H,8-9H2,(H,14,16). The smallest absolute Gasteiger partial charge is 0.287 e. The summed E-state index contributed by atoms with van der Waals surface area (Å²) in [4.78, 5) is 11.6. The molecule has 0 atom stereocenters. The molecule has 0 saturated carbocycles. The van der Waals surface area contributed by atoms with Crippen molar-refractivity contribution in [3.63, 3.8) is 0 Å². The van der Waals surface area contributed by atoms with E-state index in [2.05, 4.69) is 5.32 Å². The van der Waals surface area contributed by atoms with Crippen molar-refractivity contribution in [3.05, 3.63) is 59.5 Å². The van der Waals surface area contributed by atoms with Crippen LogP contribution < -0.4 is 5.32 Å². The van der Waals surface area contributed by atoms with Crippen LogP contribution in [0.3, 0.4) is 0 Å². The van der Waals surface area contributed by atoms with E-state index >= 15 is 0 Å². The third-order valence-electron chi connectivity index (χ3n) is 2.37. The number of carbonyl (C=O) groups is 1. The number of hydrogen-bond acceptors (Lipinski definition) is 3. The third-order valence-corrected chi connectivity index (χ3v) is 2.37. The largest absolute Gasteiger partial charge is 0.459 e. The Kier molecular flexibility index (Phi) is 3.57. The molecule has 4 nitrogen and oxygen atoms in total. The van der Waals surface area contributed by atoms with E-state index in [1.807, 2.05) is 24.3 Å². The molecule has 2 rings (SSSR count). The average Bonchev–Trinajstić information content (AvgIpc) is 2.90. The second-order valence-electron chi connectivity index (χ2n) is 3.64. The zero-order chi connectivity index (χ0) is 12.1. The van der Waals surface area contributed by atoms with Gasteiger partial charge in [0.2, 0.25) is 0 Å². The Bertz CT molecular complexity index is 491. The molecular formula is C13H13NO3. The molecule has 0 unspecified atom stereocenters. The molecule has 0 aliphatic rings. The van der Waals surface area contributed by atoms with E-state index in [0.717, 1.165) is 11.1 Å². The fourth-order valence-corrected chi connectivity index (χ4v) is 1.52. The number of rotatable bonds is 4. The highest BCUT2D eigenvalue weighted by molar-refractivity contribution is 5.91. The Morgan fingerprint density at radius 3 is 2.76 bits per heavy atom. The molecule has 1 aromatic carbocycles. The maximum Gasteiger partial charge on any atom is 0.287 e. The van der Waals surface area contributed by atoms with Gasteiger partial charge in [-0.25, -0.2) is 0 Å². The number of furan rings is 1. The maximum atomic E-state index is 11.6. The predicted molar refractivity (Wildman–Crippen MR) is 62.2 cm³/mol. The number of aliphatic hydroxyl groups excluding tert-OH is 1. The van der Waals surface area contributed by atoms with E-state index in [4.69, 9.17) is 9.52 Å². The minimum absolute atomic E-state index is 0.0000294. The van der Waals surface area contributed by atoms with Crippen LogP contribution in [0.2, 0.25) is 0 Å². The molecule has 2 aromatic rings. The van der Waals surface area contributed by atoms with E-state index in [0.29, 0.717) is 12.3 Å². The lowest BCUT2D eigenvalue weighted by atomic mass is 10.1. The molecule has 2 N–H and O–H groups in total. The maximum absolute atomic E-state index is 11.6. The van der Waals surface area contributed by atoms with Gasteiger partial charge in [-0.2, -0.15) is 0 Å². The highest BCUT2D eigenvalue weighted by Crippen LogP contribution is 2.06. The first-order valence-corrected chi connectivity index (χ1v) is 5.30. The van der Waals surface area contributed by atoms with E-state index in [1.165, 1.54) is 6.26 Å². The van der Waals surface area contributed by atoms with E-state index < -0.39 is 0 Å². The molecule has 0 bridgehead atoms. The summed E-state index contributed by atoms with van der Waals surface area (Å²) in [5, 5.41) is 11.7. The van der Waals surface area contributed by atoms with Gasteiger partial charge in [0.25, 0.3) is 5.91 Å². The number of amides is 1. The van der Waals surface area contributed by atoms with Crippen molar-refractivity contribution in [1.29, 1.82) is 0 Å². The molecule has 17 heavy (non-hydrogen) atoms. The summed E-state index contributed by atoms with van der Waals surface area (Å²) < 4.78 is 4.98. The number of carbonyl (C=O) groups excluding carboxylic acids is 1. The van der Waals surface area contributed by atoms with Crippen molar-refractivity contribution in [3.8, 4) is 0 Å². The Hall–Kier alpha value is -2.07. The van der Waals surface area contributed by atoms with Crippen molar-refractivity contribution in [2.75, 3.05) is 0 Å². The van der Waals surface area contributed by atoms with Crippen LogP contribution in [0.1, 0.15) is 21.7 Å². The SMILES string of the molecule is O=C(NCc1cccc(CO)c1)c1ccco1. The monoisotopic (exact) mass is 231 g/mol. The molecule has 0 radical (unpaired) electrons. The van der Waals surface area contributed by atoms with Crippen LogP contribution in [-0.2, 0) is 13.2 Å². The Morgan fingerprint density at radius 1 is 1.24 bits per heavy atom. The van der Waals surface area contributed by atoms with Crippen molar-refractivity contribution in [2.45, 2.75) is 13.2 Å². The van der Waals surface area contributed by atoms with Gasteiger partial charge in [-0.1, -0.05) is 24.3 Å². The van der Waals surface area contributed by atoms with Gasteiger partial charge in [0.1, 0.15) is 0 Å². The number of benzene rings is 1. The highest BCUT2D eigenvalue weighted by Gasteiger charge is 2.07. The van der Waals surface area contributed by atoms with Crippen LogP contribution in [-0.4, -0.2) is 11.0 Å². The highest BCUT2D eigenvalue weighted by atomic mass is 16.3. The fourth-order valence-electron chi connectivity index (χ4n) is 1.52. The molecule has 1 aromatic heterocycles. The summed E-state index contributed by atoms with van der Waals surface area (Å²) in [6, 6.07) is 10.7. The second-order valence-corrected chi connectivity index (χ2v) is 3.64. The normalized spacial score (nSPS) is 10.2. The van der Waals surface area contributed by atoms with Crippen LogP contribution in [0, 0.1) is 0 Å². The molecule has 0 saturated heterocycles. The molecule has 0 aliphatic heterocycles. The van der Waals surface area contributed by atoms with Crippen LogP contribution >= 0.6 is 0 Å². The summed E-state index contributed by atoms with van der Waals surface area (Å²) in [5.41, 5.74) is 1.77. The van der Waals surface area contributed by atoms with Gasteiger partial charge in [-0.3, -0.25) is 4.79 Å². The Labute approximate surface area is 98.9 Å². The molecular weight excluding hydrogens is 218 g/mol. The summed E-state index contributed by atoms with van der Waals surface area (Å²) in [6.07, 6.45) is 1.46. The molecule has 0 aliphatic carbocycles. The van der Waals surface area contributed by atoms with Crippen molar-refractivity contribution in [1.82, 2.24) is 5.32 Å². The minimum Gasteiger partial charge on any atom is -0.459 e. The van der Waals surface area contributed by atoms with Gasteiger partial charge >= 0.3 is 0 Å². The van der Waals surface area contributed by atoms with Gasteiger partial charge in [0, 0.05) is 6.54 Å². The van der Waals surface area contributed by atoms with Crippen LogP contribution in [0.5, 0.6) is 0 Å². The summed E-state index contributed by atoms with van der Waals surface area (Å²) >= 11 is 0. The lowest BCUT2D eigenvalue weighted by Crippen LogP contribution is -2.22. The summed E-state index contributed by atoms with van der Waals surface area (Å²) in [5.74, 6) is 0.0488. The van der Waals surface area contributed by atoms with Crippen LogP contribution in [0.15, 0.2) is 47.1 Å². The zero-order valence-electron chi connectivity index (χ0n) is 9.22. The first kappa shape index (κ1) is 11.4. The van der Waals surface area contributed by atoms with E-state index in [-0.39, 0.29) is 12.5 Å². The van der Waals surface area contributed by atoms with E-state index in [1.54, 1.807) is 12.1 Å². The zero-order valence-corrected chi connectivity index (χ0v) is 9.22. The van der Waals surface area contributed by atoms with Crippen LogP contribution in [0.25, 0.3) is 0 Å². The van der Waals surface area contributed by atoms with Crippen molar-refractivity contribution < 1.29 is 14.3 Å². The topological polar surface area (TPSA) is 62.5 Å². The first-order valence-electron chi connectivity index (χ1n) is 5.30. The number of hydrogen-bond donors (Lipinski definition) is 2. The summed E-state index contributed by atoms with van der Waals surface area (Å²) in [7, 11) is 0. The Balaban J connectivity index is 1.95. The lowest BCUT2D eigenvalue weighted by molar-refractivity contribution is 0.0923. The third kappa shape index (κ3) is 2.95. The molecule has 4 heteroatoms. The van der Waals surface area contributed by atoms with Gasteiger partial charge in [-0.05, 0) is 23.3 Å². The second kappa shape index (κ2) is 5.32. The van der Waals surface area contributed by atoms with Gasteiger partial charge in [0.05, 0.1) is 12.9 Å². The molecule has 1 heterocycles. The molecule has 88 valence electrons. The lowest BCUT2D eigenvalue weighted by Gasteiger charge is -2.04. The molecule has 0 spiro atoms. The summed E-state index contributed by atoms with van der Waals surface area (Å²) in [6.45, 7) is 0.410. The molecule has 1 amide bonds. The Morgan fingerprint density at radius 2 is 2.06 bits per heavy atom. The van der Waals surface area contributed by atoms with Gasteiger partial charge in [-0.15, -0.1) is 0 Å². The van der Waals surface area contributed by atoms with Gasteiger partial charge < -0.3 is 14.8 Å². The molecule has 0 fully saturated rings. The number of aliphatic hydroxyl groups is 1. The minimum atomic E-state index is -0.246. The number of nitrogens with one attached hydrogen (secondary N) is 1. The predicted octanol–water partition coefficient (Wildman–Crippen LogP) is 1.70. The van der Waals surface area contributed by atoms with Crippen molar-refractivity contribution in [2.24, 2.45) is 0 Å². The van der Waals surface area contributed by atoms with Crippen LogP contribution in [0.4, 0.5) is 0 Å². The first-order chi connectivity index (χ1) is 8.29. The van der Waals surface area contributed by atoms with E-state index in [9.17, 15) is 4.79 Å². The fraction of sp³-hybridized carbons (Fsp3) is 0.154. The van der Waals surface area contributed by atoms with Crippen molar-refractivity contribution >= 4 is 5.91 Å².